The van der Waals surface area contributed by atoms with Crippen LogP contribution in [0.1, 0.15) is 42.3 Å². The Morgan fingerprint density at radius 1 is 1.13 bits per heavy atom. The number of aryl methyl sites for hydroxylation is 2. The largest absolute Gasteiger partial charge is 0.318 e. The van der Waals surface area contributed by atoms with E-state index in [-0.39, 0.29) is 5.91 Å². The first-order valence-electron chi connectivity index (χ1n) is 10.5. The molecule has 31 heavy (non-hydrogen) atoms. The van der Waals surface area contributed by atoms with E-state index in [4.69, 9.17) is 11.6 Å². The molecule has 0 saturated heterocycles. The number of hydrogen-bond donors (Lipinski definition) is 1. The molecule has 0 radical (unpaired) electrons. The maximum atomic E-state index is 12.1. The maximum Gasteiger partial charge on any atom is 0.250 e. The fraction of sp³-hybridized carbons (Fsp3) is 0.280. The van der Waals surface area contributed by atoms with Crippen molar-refractivity contribution >= 4 is 35.5 Å². The SMILES string of the molecule is CCCCc1ccc(-n2c(C)cc(/C=N\NC(=O)CSc3ccc(Cl)cc3)c2C)cc1. The predicted octanol–water partition coefficient (Wildman–Crippen LogP) is 6.33. The van der Waals surface area contributed by atoms with Crippen molar-refractivity contribution in [1.82, 2.24) is 9.99 Å². The van der Waals surface area contributed by atoms with Gasteiger partial charge in [0.25, 0.3) is 0 Å². The molecule has 162 valence electrons. The maximum absolute atomic E-state index is 12.1. The average Bonchev–Trinajstić information content (AvgIpc) is 3.05. The Morgan fingerprint density at radius 2 is 1.84 bits per heavy atom. The Balaban J connectivity index is 1.60. The molecule has 0 aliphatic heterocycles. The third-order valence-electron chi connectivity index (χ3n) is 5.06. The van der Waals surface area contributed by atoms with Gasteiger partial charge < -0.3 is 4.57 Å². The Bertz CT molecular complexity index is 1040. The van der Waals surface area contributed by atoms with Gasteiger partial charge in [-0.2, -0.15) is 5.10 Å². The van der Waals surface area contributed by atoms with Crippen LogP contribution in [0.5, 0.6) is 0 Å². The Kier molecular flexibility index (Phi) is 8.38. The summed E-state index contributed by atoms with van der Waals surface area (Å²) in [5.41, 5.74) is 8.32. The van der Waals surface area contributed by atoms with Crippen LogP contribution in [0.25, 0.3) is 5.69 Å². The van der Waals surface area contributed by atoms with Crippen LogP contribution in [0.3, 0.4) is 0 Å². The zero-order valence-electron chi connectivity index (χ0n) is 18.2. The third-order valence-corrected chi connectivity index (χ3v) is 6.32. The molecule has 2 aromatic carbocycles. The van der Waals surface area contributed by atoms with Gasteiger partial charge in [0, 0.05) is 32.6 Å². The van der Waals surface area contributed by atoms with Gasteiger partial charge in [-0.25, -0.2) is 5.43 Å². The van der Waals surface area contributed by atoms with E-state index in [1.807, 2.05) is 24.3 Å². The van der Waals surface area contributed by atoms with E-state index in [0.29, 0.717) is 10.8 Å². The topological polar surface area (TPSA) is 46.4 Å². The number of nitrogens with one attached hydrogen (secondary N) is 1. The molecule has 1 heterocycles. The van der Waals surface area contributed by atoms with Crippen LogP contribution in [-0.4, -0.2) is 22.4 Å². The van der Waals surface area contributed by atoms with Gasteiger partial charge in [-0.1, -0.05) is 37.1 Å². The van der Waals surface area contributed by atoms with Crippen LogP contribution in [0.2, 0.25) is 5.02 Å². The lowest BCUT2D eigenvalue weighted by atomic mass is 10.1. The second kappa shape index (κ2) is 11.2. The van der Waals surface area contributed by atoms with E-state index >= 15 is 0 Å². The summed E-state index contributed by atoms with van der Waals surface area (Å²) < 4.78 is 2.21. The van der Waals surface area contributed by atoms with Gasteiger partial charge in [-0.3, -0.25) is 4.79 Å². The number of hydrazone groups is 1. The van der Waals surface area contributed by atoms with Crippen LogP contribution in [0, 0.1) is 13.8 Å². The van der Waals surface area contributed by atoms with Gasteiger partial charge >= 0.3 is 0 Å². The number of benzene rings is 2. The minimum atomic E-state index is -0.146. The van der Waals surface area contributed by atoms with Crippen molar-refractivity contribution < 1.29 is 4.79 Å². The Hall–Kier alpha value is -2.50. The number of carbonyl (C=O) groups excluding carboxylic acids is 1. The molecule has 0 atom stereocenters. The highest BCUT2D eigenvalue weighted by Crippen LogP contribution is 2.21. The molecule has 0 aliphatic rings. The van der Waals surface area contributed by atoms with Gasteiger partial charge in [0.15, 0.2) is 0 Å². The number of thioether (sulfide) groups is 1. The lowest BCUT2D eigenvalue weighted by molar-refractivity contribution is -0.118. The summed E-state index contributed by atoms with van der Waals surface area (Å²) in [6.45, 7) is 6.36. The van der Waals surface area contributed by atoms with Gasteiger partial charge in [0.05, 0.1) is 12.0 Å². The fourth-order valence-corrected chi connectivity index (χ4v) is 4.21. The van der Waals surface area contributed by atoms with Gasteiger partial charge in [-0.05, 0) is 74.7 Å². The van der Waals surface area contributed by atoms with Crippen molar-refractivity contribution in [3.05, 3.63) is 82.1 Å². The summed E-state index contributed by atoms with van der Waals surface area (Å²) >= 11 is 7.33. The molecule has 0 bridgehead atoms. The van der Waals surface area contributed by atoms with Crippen LogP contribution < -0.4 is 5.43 Å². The minimum absolute atomic E-state index is 0.146. The quantitative estimate of drug-likeness (QED) is 0.233. The van der Waals surface area contributed by atoms with E-state index in [1.165, 1.54) is 30.2 Å². The molecule has 4 nitrogen and oxygen atoms in total. The van der Waals surface area contributed by atoms with Crippen LogP contribution >= 0.6 is 23.4 Å². The molecule has 3 rings (SSSR count). The van der Waals surface area contributed by atoms with Crippen molar-refractivity contribution in [2.24, 2.45) is 5.10 Å². The van der Waals surface area contributed by atoms with Crippen molar-refractivity contribution in [2.75, 3.05) is 5.75 Å². The van der Waals surface area contributed by atoms with Crippen molar-refractivity contribution in [2.45, 2.75) is 44.9 Å². The normalized spacial score (nSPS) is 11.2. The van der Waals surface area contributed by atoms with E-state index in [1.54, 1.807) is 6.21 Å². The Morgan fingerprint density at radius 3 is 2.52 bits per heavy atom. The molecule has 1 aromatic heterocycles. The summed E-state index contributed by atoms with van der Waals surface area (Å²) in [7, 11) is 0. The van der Waals surface area contributed by atoms with E-state index in [0.717, 1.165) is 34.0 Å². The monoisotopic (exact) mass is 453 g/mol. The zero-order valence-corrected chi connectivity index (χ0v) is 19.8. The van der Waals surface area contributed by atoms with E-state index < -0.39 is 0 Å². The second-order valence-electron chi connectivity index (χ2n) is 7.47. The number of hydrogen-bond acceptors (Lipinski definition) is 3. The molecule has 0 unspecified atom stereocenters. The average molecular weight is 454 g/mol. The molecule has 1 amide bonds. The molecule has 0 spiro atoms. The zero-order chi connectivity index (χ0) is 22.2. The summed E-state index contributed by atoms with van der Waals surface area (Å²) in [4.78, 5) is 13.1. The standard InChI is InChI=1S/C25H28ClN3OS/c1-4-5-6-20-7-11-23(12-8-20)29-18(2)15-21(19(29)3)16-27-28-25(30)17-31-24-13-9-22(26)10-14-24/h7-16H,4-6,17H2,1-3H3,(H,28,30)/b27-16-. The summed E-state index contributed by atoms with van der Waals surface area (Å²) in [5, 5.41) is 4.84. The highest BCUT2D eigenvalue weighted by atomic mass is 35.5. The highest BCUT2D eigenvalue weighted by Gasteiger charge is 2.10. The van der Waals surface area contributed by atoms with Gasteiger partial charge in [-0.15, -0.1) is 11.8 Å². The summed E-state index contributed by atoms with van der Waals surface area (Å²) in [6, 6.07) is 18.3. The van der Waals surface area contributed by atoms with Crippen LogP contribution in [-0.2, 0) is 11.2 Å². The predicted molar refractivity (Wildman–Crippen MR) is 132 cm³/mol. The first kappa shape index (κ1) is 23.2. The van der Waals surface area contributed by atoms with Crippen molar-refractivity contribution in [1.29, 1.82) is 0 Å². The molecule has 0 aliphatic carbocycles. The Labute approximate surface area is 193 Å². The van der Waals surface area contributed by atoms with Crippen LogP contribution in [0.15, 0.2) is 64.6 Å². The third kappa shape index (κ3) is 6.49. The lowest BCUT2D eigenvalue weighted by Gasteiger charge is -2.10. The van der Waals surface area contributed by atoms with Crippen LogP contribution in [0.4, 0.5) is 0 Å². The number of carbonyl (C=O) groups is 1. The second-order valence-corrected chi connectivity index (χ2v) is 8.95. The first-order valence-corrected chi connectivity index (χ1v) is 11.8. The molecular formula is C25H28ClN3OS. The summed E-state index contributed by atoms with van der Waals surface area (Å²) in [5.74, 6) is 0.148. The highest BCUT2D eigenvalue weighted by molar-refractivity contribution is 8.00. The fourth-order valence-electron chi connectivity index (χ4n) is 3.39. The molecule has 0 saturated carbocycles. The van der Waals surface area contributed by atoms with Crippen molar-refractivity contribution in [3.8, 4) is 5.69 Å². The van der Waals surface area contributed by atoms with E-state index in [9.17, 15) is 4.79 Å². The number of aromatic nitrogens is 1. The summed E-state index contributed by atoms with van der Waals surface area (Å²) in [6.07, 6.45) is 5.25. The lowest BCUT2D eigenvalue weighted by Crippen LogP contribution is -2.19. The molecule has 3 aromatic rings. The number of amides is 1. The molecule has 0 fully saturated rings. The minimum Gasteiger partial charge on any atom is -0.318 e. The van der Waals surface area contributed by atoms with Gasteiger partial charge in [0.2, 0.25) is 5.91 Å². The van der Waals surface area contributed by atoms with Gasteiger partial charge in [0.1, 0.15) is 0 Å². The number of unbranched alkanes of at least 4 members (excludes halogenated alkanes) is 1. The molecular weight excluding hydrogens is 426 g/mol. The first-order chi connectivity index (χ1) is 15.0. The van der Waals surface area contributed by atoms with E-state index in [2.05, 4.69) is 66.2 Å². The van der Waals surface area contributed by atoms with Crippen molar-refractivity contribution in [3.63, 3.8) is 0 Å². The molecule has 6 heteroatoms. The number of rotatable bonds is 9. The number of nitrogens with zero attached hydrogens (tertiary/aromatic N) is 2. The number of halogens is 1. The molecule has 1 N–H and O–H groups in total. The smallest absolute Gasteiger partial charge is 0.250 e.